The number of aromatic nitrogens is 1. The molecular weight excluding hydrogens is 630 g/mol. The van der Waals surface area contributed by atoms with Crippen LogP contribution >= 0.6 is 0 Å². The molecular formula is C32H39F4N3O6S. The maximum atomic E-state index is 14.3. The van der Waals surface area contributed by atoms with Crippen LogP contribution in [0.4, 0.5) is 17.6 Å². The number of fused-ring (bicyclic) bond motifs is 2. The summed E-state index contributed by atoms with van der Waals surface area (Å²) in [4.78, 5) is 29.4. The number of benzene rings is 1. The number of nitrogens with zero attached hydrogens (tertiary/aromatic N) is 1. The lowest BCUT2D eigenvalue weighted by molar-refractivity contribution is -0.115. The van der Waals surface area contributed by atoms with Crippen LogP contribution in [0.5, 0.6) is 0 Å². The molecule has 1 aliphatic carbocycles. The molecule has 2 bridgehead atoms. The van der Waals surface area contributed by atoms with Gasteiger partial charge in [-0.3, -0.25) is 9.59 Å². The number of carbonyl (C=O) groups is 2. The highest BCUT2D eigenvalue weighted by Gasteiger charge is 2.51. The van der Waals surface area contributed by atoms with Crippen molar-refractivity contribution >= 4 is 27.9 Å². The Morgan fingerprint density at radius 1 is 1.04 bits per heavy atom. The first-order chi connectivity index (χ1) is 21.9. The van der Waals surface area contributed by atoms with Crippen molar-refractivity contribution in [2.45, 2.75) is 94.9 Å². The minimum Gasteiger partial charge on any atom is -0.448 e. The van der Waals surface area contributed by atoms with E-state index in [1.807, 2.05) is 0 Å². The molecule has 2 aliphatic heterocycles. The van der Waals surface area contributed by atoms with Crippen LogP contribution in [-0.4, -0.2) is 55.9 Å². The van der Waals surface area contributed by atoms with Gasteiger partial charge in [-0.2, -0.15) is 13.2 Å². The molecule has 14 heteroatoms. The molecule has 2 aromatic rings. The Bertz CT molecular complexity index is 1520. The number of alkyl halides is 3. The van der Waals surface area contributed by atoms with Crippen LogP contribution in [0.3, 0.4) is 0 Å². The second-order valence-corrected chi connectivity index (χ2v) is 14.3. The number of ether oxygens (including phenoxy) is 1. The van der Waals surface area contributed by atoms with Gasteiger partial charge in [0.2, 0.25) is 15.9 Å². The molecule has 3 heterocycles. The molecule has 5 rings (SSSR count). The predicted molar refractivity (Wildman–Crippen MR) is 161 cm³/mol. The molecule has 3 aliphatic rings. The Morgan fingerprint density at radius 3 is 2.57 bits per heavy atom. The van der Waals surface area contributed by atoms with E-state index in [2.05, 4.69) is 10.3 Å². The van der Waals surface area contributed by atoms with Gasteiger partial charge >= 0.3 is 6.18 Å². The predicted octanol–water partition coefficient (Wildman–Crippen LogP) is 5.82. The third-order valence-corrected chi connectivity index (χ3v) is 10.3. The lowest BCUT2D eigenvalue weighted by Gasteiger charge is -2.26. The summed E-state index contributed by atoms with van der Waals surface area (Å²) in [5, 5.41) is 2.92. The van der Waals surface area contributed by atoms with E-state index in [9.17, 15) is 35.6 Å². The molecule has 1 aromatic heterocycles. The summed E-state index contributed by atoms with van der Waals surface area (Å²) in [5.74, 6) is -3.70. The van der Waals surface area contributed by atoms with E-state index in [-0.39, 0.29) is 42.1 Å². The summed E-state index contributed by atoms with van der Waals surface area (Å²) in [6.45, 7) is 0.551. The van der Waals surface area contributed by atoms with Crippen LogP contribution in [0.15, 0.2) is 35.0 Å². The Labute approximate surface area is 265 Å². The fourth-order valence-corrected chi connectivity index (χ4v) is 7.90. The van der Waals surface area contributed by atoms with Crippen molar-refractivity contribution in [2.75, 3.05) is 12.3 Å². The minimum absolute atomic E-state index is 0.171. The Hall–Kier alpha value is -3.26. The van der Waals surface area contributed by atoms with E-state index in [4.69, 9.17) is 9.15 Å². The monoisotopic (exact) mass is 669 g/mol. The van der Waals surface area contributed by atoms with Gasteiger partial charge in [-0.15, -0.1) is 0 Å². The summed E-state index contributed by atoms with van der Waals surface area (Å²) in [6, 6.07) is 3.83. The van der Waals surface area contributed by atoms with Crippen molar-refractivity contribution in [3.63, 3.8) is 0 Å². The van der Waals surface area contributed by atoms with E-state index < -0.39 is 33.7 Å². The van der Waals surface area contributed by atoms with Gasteiger partial charge in [0, 0.05) is 18.5 Å². The van der Waals surface area contributed by atoms with Gasteiger partial charge in [-0.05, 0) is 60.9 Å². The van der Waals surface area contributed by atoms with Crippen LogP contribution in [0.1, 0.15) is 97.6 Å². The molecule has 46 heavy (non-hydrogen) atoms. The van der Waals surface area contributed by atoms with Crippen LogP contribution < -0.4 is 10.0 Å². The number of halogens is 4. The lowest BCUT2D eigenvalue weighted by Crippen LogP contribution is -2.36. The molecule has 0 radical (unpaired) electrons. The quantitative estimate of drug-likeness (QED) is 0.156. The molecule has 9 nitrogen and oxygen atoms in total. The highest BCUT2D eigenvalue weighted by molar-refractivity contribution is 7.90. The van der Waals surface area contributed by atoms with E-state index in [0.29, 0.717) is 23.6 Å². The zero-order valence-electron chi connectivity index (χ0n) is 25.4. The van der Waals surface area contributed by atoms with Gasteiger partial charge < -0.3 is 14.5 Å². The maximum absolute atomic E-state index is 14.3. The Balaban J connectivity index is 1.21. The SMILES string of the molecule is O=C(/C=C/c1ccc(F)cc1C[C@@H]1C(c2nc(C(=O)NCCCCC3CCCCC3)co2)C2CC[C@H]1O2)NS(=O)(=O)CC(F)(F)F. The van der Waals surface area contributed by atoms with Crippen LogP contribution in [0.2, 0.25) is 0 Å². The first kappa shape index (κ1) is 34.1. The van der Waals surface area contributed by atoms with E-state index in [0.717, 1.165) is 43.7 Å². The van der Waals surface area contributed by atoms with E-state index in [1.165, 1.54) is 67.7 Å². The van der Waals surface area contributed by atoms with Crippen molar-refractivity contribution in [1.29, 1.82) is 0 Å². The number of nitrogens with one attached hydrogen (secondary N) is 2. The summed E-state index contributed by atoms with van der Waals surface area (Å²) < 4.78 is 88.4. The zero-order chi connectivity index (χ0) is 32.9. The topological polar surface area (TPSA) is 128 Å². The molecule has 2 saturated heterocycles. The number of carbonyl (C=O) groups excluding carboxylic acids is 2. The Kier molecular flexibility index (Phi) is 10.9. The van der Waals surface area contributed by atoms with Gasteiger partial charge in [0.15, 0.2) is 11.4 Å². The number of hydrogen-bond acceptors (Lipinski definition) is 7. The van der Waals surface area contributed by atoms with Crippen molar-refractivity contribution in [1.82, 2.24) is 15.0 Å². The van der Waals surface area contributed by atoms with Crippen molar-refractivity contribution < 1.29 is 44.7 Å². The first-order valence-corrected chi connectivity index (χ1v) is 17.5. The Morgan fingerprint density at radius 2 is 1.80 bits per heavy atom. The number of oxazole rings is 1. The number of sulfonamides is 1. The minimum atomic E-state index is -5.01. The molecule has 1 saturated carbocycles. The lowest BCUT2D eigenvalue weighted by atomic mass is 9.75. The molecule has 3 fully saturated rings. The number of hydrogen-bond donors (Lipinski definition) is 2. The van der Waals surface area contributed by atoms with Crippen molar-refractivity contribution in [3.05, 3.63) is 59.1 Å². The molecule has 4 atom stereocenters. The smallest absolute Gasteiger partial charge is 0.404 e. The molecule has 2 amide bonds. The second-order valence-electron chi connectivity index (χ2n) is 12.5. The highest BCUT2D eigenvalue weighted by atomic mass is 32.2. The fraction of sp³-hybridized carbons (Fsp3) is 0.594. The summed E-state index contributed by atoms with van der Waals surface area (Å²) >= 11 is 0. The average Bonchev–Trinajstić information content (AvgIpc) is 3.73. The van der Waals surface area contributed by atoms with Crippen molar-refractivity contribution in [2.24, 2.45) is 11.8 Å². The molecule has 1 aromatic carbocycles. The third kappa shape index (κ3) is 9.18. The van der Waals surface area contributed by atoms with Gasteiger partial charge in [0.05, 0.1) is 18.1 Å². The molecule has 2 N–H and O–H groups in total. The first-order valence-electron chi connectivity index (χ1n) is 15.8. The second kappa shape index (κ2) is 14.7. The number of amides is 2. The molecule has 2 unspecified atom stereocenters. The van der Waals surface area contributed by atoms with E-state index in [1.54, 1.807) is 0 Å². The van der Waals surface area contributed by atoms with Gasteiger partial charge in [0.25, 0.3) is 11.8 Å². The van der Waals surface area contributed by atoms with Crippen LogP contribution in [0, 0.1) is 17.7 Å². The average molecular weight is 670 g/mol. The maximum Gasteiger partial charge on any atom is 0.404 e. The van der Waals surface area contributed by atoms with Gasteiger partial charge in [-0.1, -0.05) is 51.0 Å². The summed E-state index contributed by atoms with van der Waals surface area (Å²) in [7, 11) is -4.94. The molecule has 0 spiro atoms. The standard InChI is InChI=1S/C32H39F4N3O6S/c33-23-11-9-21(10-14-28(40)39-46(42,43)19-32(34,35)36)22(16-23)17-24-26-12-13-27(45-26)29(24)31-38-25(18-44-31)30(41)37-15-5-4-8-20-6-2-1-3-7-20/h9-11,14,16,18,20,24,26-27,29H,1-8,12-13,15,17,19H2,(H,37,41)(H,39,40)/b14-10+/t24-,26+,27?,29?/m0/s1. The zero-order valence-corrected chi connectivity index (χ0v) is 26.2. The summed E-state index contributed by atoms with van der Waals surface area (Å²) in [5.41, 5.74) is 1.03. The van der Waals surface area contributed by atoms with Gasteiger partial charge in [0.1, 0.15) is 12.1 Å². The van der Waals surface area contributed by atoms with Crippen LogP contribution in [-0.2, 0) is 26.0 Å². The van der Waals surface area contributed by atoms with Crippen molar-refractivity contribution in [3.8, 4) is 0 Å². The van der Waals surface area contributed by atoms with E-state index >= 15 is 0 Å². The normalized spacial score (nSPS) is 23.7. The fourth-order valence-electron chi connectivity index (χ4n) is 7.02. The van der Waals surface area contributed by atoms with Gasteiger partial charge in [-0.25, -0.2) is 22.5 Å². The summed E-state index contributed by atoms with van der Waals surface area (Å²) in [6.07, 6.45) is 9.46. The van der Waals surface area contributed by atoms with Crippen LogP contribution in [0.25, 0.3) is 6.08 Å². The molecule has 252 valence electrons. The largest absolute Gasteiger partial charge is 0.448 e. The highest BCUT2D eigenvalue weighted by Crippen LogP contribution is 2.50. The number of rotatable bonds is 13. The third-order valence-electron chi connectivity index (χ3n) is 9.10. The number of unbranched alkanes of at least 4 members (excludes halogenated alkanes) is 1.